The molecule has 148 valence electrons. The van der Waals surface area contributed by atoms with Crippen LogP contribution in [0, 0.1) is 0 Å². The van der Waals surface area contributed by atoms with Crippen LogP contribution in [0.15, 0.2) is 24.3 Å². The number of amides is 3. The molecular weight excluding hydrogens is 350 g/mol. The van der Waals surface area contributed by atoms with Crippen molar-refractivity contribution in [3.05, 3.63) is 29.8 Å². The van der Waals surface area contributed by atoms with Gasteiger partial charge in [-0.3, -0.25) is 9.59 Å². The van der Waals surface area contributed by atoms with Gasteiger partial charge in [0.15, 0.2) is 0 Å². The van der Waals surface area contributed by atoms with Gasteiger partial charge in [-0.25, -0.2) is 4.79 Å². The molecule has 0 atom stereocenters. The molecule has 0 bridgehead atoms. The highest BCUT2D eigenvalue weighted by molar-refractivity contribution is 5.94. The Kier molecular flexibility index (Phi) is 6.65. The van der Waals surface area contributed by atoms with Gasteiger partial charge < -0.3 is 24.6 Å². The first-order valence-electron chi connectivity index (χ1n) is 8.87. The van der Waals surface area contributed by atoms with Crippen LogP contribution in [0.2, 0.25) is 0 Å². The maximum absolute atomic E-state index is 12.5. The van der Waals surface area contributed by atoms with E-state index in [1.54, 1.807) is 61.9 Å². The van der Waals surface area contributed by atoms with Crippen molar-refractivity contribution in [2.75, 3.05) is 39.8 Å². The summed E-state index contributed by atoms with van der Waals surface area (Å²) in [6.07, 6.45) is -0.621. The second-order valence-electron chi connectivity index (χ2n) is 7.26. The molecule has 0 unspecified atom stereocenters. The van der Waals surface area contributed by atoms with Crippen molar-refractivity contribution in [1.82, 2.24) is 15.1 Å². The Hall–Kier alpha value is -2.77. The number of ether oxygens (including phenoxy) is 2. The van der Waals surface area contributed by atoms with E-state index in [9.17, 15) is 14.4 Å². The van der Waals surface area contributed by atoms with Crippen molar-refractivity contribution >= 4 is 17.9 Å². The third-order valence-corrected chi connectivity index (χ3v) is 4.04. The van der Waals surface area contributed by atoms with Crippen molar-refractivity contribution in [2.24, 2.45) is 0 Å². The highest BCUT2D eigenvalue weighted by Gasteiger charge is 2.25. The van der Waals surface area contributed by atoms with Crippen LogP contribution in [-0.4, -0.2) is 73.1 Å². The van der Waals surface area contributed by atoms with Gasteiger partial charge in [-0.05, 0) is 45.0 Å². The lowest BCUT2D eigenvalue weighted by atomic mass is 10.1. The van der Waals surface area contributed by atoms with Gasteiger partial charge >= 0.3 is 6.09 Å². The Morgan fingerprint density at radius 1 is 1.00 bits per heavy atom. The third-order valence-electron chi connectivity index (χ3n) is 4.04. The first-order chi connectivity index (χ1) is 12.7. The lowest BCUT2D eigenvalue weighted by Crippen LogP contribution is -2.52. The maximum atomic E-state index is 12.5. The fourth-order valence-corrected chi connectivity index (χ4v) is 2.65. The summed E-state index contributed by atoms with van der Waals surface area (Å²) in [5.74, 6) is 0.425. The molecule has 0 aliphatic carbocycles. The maximum Gasteiger partial charge on any atom is 0.408 e. The molecule has 0 radical (unpaired) electrons. The van der Waals surface area contributed by atoms with E-state index in [1.165, 1.54) is 0 Å². The number of methoxy groups -OCH3 is 1. The zero-order chi connectivity index (χ0) is 20.0. The molecule has 1 aromatic rings. The highest BCUT2D eigenvalue weighted by atomic mass is 16.6. The van der Waals surface area contributed by atoms with Crippen molar-refractivity contribution in [2.45, 2.75) is 26.4 Å². The van der Waals surface area contributed by atoms with Gasteiger partial charge in [0.25, 0.3) is 5.91 Å². The zero-order valence-corrected chi connectivity index (χ0v) is 16.3. The summed E-state index contributed by atoms with van der Waals surface area (Å²) < 4.78 is 10.2. The fourth-order valence-electron chi connectivity index (χ4n) is 2.65. The molecule has 0 saturated carbocycles. The standard InChI is InChI=1S/C19H27N3O5/c1-19(2,3)27-18(25)20-13-16(23)21-9-11-22(12-10-21)17(24)14-5-7-15(26-4)8-6-14/h5-8H,9-13H2,1-4H3,(H,20,25). The van der Waals surface area contributed by atoms with Crippen LogP contribution in [-0.2, 0) is 9.53 Å². The third kappa shape index (κ3) is 6.16. The Morgan fingerprint density at radius 2 is 1.56 bits per heavy atom. The molecule has 1 aromatic carbocycles. The van der Waals surface area contributed by atoms with E-state index in [1.807, 2.05) is 0 Å². The summed E-state index contributed by atoms with van der Waals surface area (Å²) in [6, 6.07) is 6.94. The molecule has 3 amide bonds. The van der Waals surface area contributed by atoms with E-state index >= 15 is 0 Å². The molecule has 0 aromatic heterocycles. The highest BCUT2D eigenvalue weighted by Crippen LogP contribution is 2.14. The van der Waals surface area contributed by atoms with Gasteiger partial charge in [0, 0.05) is 31.7 Å². The summed E-state index contributed by atoms with van der Waals surface area (Å²) >= 11 is 0. The van der Waals surface area contributed by atoms with E-state index < -0.39 is 11.7 Å². The predicted molar refractivity (Wildman–Crippen MR) is 99.7 cm³/mol. The summed E-state index contributed by atoms with van der Waals surface area (Å²) in [5.41, 5.74) is -0.0252. The van der Waals surface area contributed by atoms with Crippen LogP contribution in [0.25, 0.3) is 0 Å². The Balaban J connectivity index is 1.79. The molecule has 8 heteroatoms. The van der Waals surface area contributed by atoms with Gasteiger partial charge in [-0.1, -0.05) is 0 Å². The molecule has 8 nitrogen and oxygen atoms in total. The van der Waals surface area contributed by atoms with Gasteiger partial charge in [0.05, 0.1) is 7.11 Å². The minimum absolute atomic E-state index is 0.0726. The van der Waals surface area contributed by atoms with Gasteiger partial charge in [-0.15, -0.1) is 0 Å². The molecule has 1 N–H and O–H groups in total. The summed E-state index contributed by atoms with van der Waals surface area (Å²) in [4.78, 5) is 39.7. The molecule has 1 aliphatic rings. The number of nitrogens with zero attached hydrogens (tertiary/aromatic N) is 2. The monoisotopic (exact) mass is 377 g/mol. The number of carbonyl (C=O) groups is 3. The van der Waals surface area contributed by atoms with Crippen LogP contribution < -0.4 is 10.1 Å². The van der Waals surface area contributed by atoms with Crippen molar-refractivity contribution in [3.63, 3.8) is 0 Å². The lowest BCUT2D eigenvalue weighted by molar-refractivity contribution is -0.131. The van der Waals surface area contributed by atoms with Gasteiger partial charge in [0.1, 0.15) is 17.9 Å². The fraction of sp³-hybridized carbons (Fsp3) is 0.526. The van der Waals surface area contributed by atoms with Crippen LogP contribution in [0.1, 0.15) is 31.1 Å². The van der Waals surface area contributed by atoms with Gasteiger partial charge in [-0.2, -0.15) is 0 Å². The largest absolute Gasteiger partial charge is 0.497 e. The van der Waals surface area contributed by atoms with Crippen LogP contribution >= 0.6 is 0 Å². The molecule has 1 heterocycles. The summed E-state index contributed by atoms with van der Waals surface area (Å²) in [5, 5.41) is 2.46. The molecule has 0 spiro atoms. The molecular formula is C19H27N3O5. The first-order valence-corrected chi connectivity index (χ1v) is 8.87. The number of hydrogen-bond donors (Lipinski definition) is 1. The van der Waals surface area contributed by atoms with Crippen LogP contribution in [0.4, 0.5) is 4.79 Å². The number of nitrogens with one attached hydrogen (secondary N) is 1. The number of rotatable bonds is 4. The smallest absolute Gasteiger partial charge is 0.408 e. The van der Waals surface area contributed by atoms with E-state index in [-0.39, 0.29) is 18.4 Å². The van der Waals surface area contributed by atoms with E-state index in [2.05, 4.69) is 5.32 Å². The molecule has 1 fully saturated rings. The molecule has 27 heavy (non-hydrogen) atoms. The first kappa shape index (κ1) is 20.5. The SMILES string of the molecule is COc1ccc(C(=O)N2CCN(C(=O)CNC(=O)OC(C)(C)C)CC2)cc1. The number of alkyl carbamates (subject to hydrolysis) is 1. The van der Waals surface area contributed by atoms with Crippen LogP contribution in [0.5, 0.6) is 5.75 Å². The Bertz CT molecular complexity index is 674. The number of hydrogen-bond acceptors (Lipinski definition) is 5. The average Bonchev–Trinajstić information content (AvgIpc) is 2.64. The number of benzene rings is 1. The second-order valence-corrected chi connectivity index (χ2v) is 7.26. The number of piperazine rings is 1. The quantitative estimate of drug-likeness (QED) is 0.859. The summed E-state index contributed by atoms with van der Waals surface area (Å²) in [6.45, 7) is 6.90. The van der Waals surface area contributed by atoms with Crippen molar-refractivity contribution in [3.8, 4) is 5.75 Å². The molecule has 1 saturated heterocycles. The van der Waals surface area contributed by atoms with Crippen molar-refractivity contribution in [1.29, 1.82) is 0 Å². The minimum Gasteiger partial charge on any atom is -0.497 e. The molecule has 2 rings (SSSR count). The van der Waals surface area contributed by atoms with Crippen LogP contribution in [0.3, 0.4) is 0 Å². The van der Waals surface area contributed by atoms with E-state index in [4.69, 9.17) is 9.47 Å². The Labute approximate surface area is 159 Å². The van der Waals surface area contributed by atoms with E-state index in [0.717, 1.165) is 0 Å². The molecule has 1 aliphatic heterocycles. The normalized spacial score (nSPS) is 14.5. The Morgan fingerprint density at radius 3 is 2.07 bits per heavy atom. The van der Waals surface area contributed by atoms with E-state index in [0.29, 0.717) is 37.5 Å². The minimum atomic E-state index is -0.621. The zero-order valence-electron chi connectivity index (χ0n) is 16.3. The topological polar surface area (TPSA) is 88.2 Å². The lowest BCUT2D eigenvalue weighted by Gasteiger charge is -2.35. The second kappa shape index (κ2) is 8.75. The number of carbonyl (C=O) groups excluding carboxylic acids is 3. The average molecular weight is 377 g/mol. The predicted octanol–water partition coefficient (Wildman–Crippen LogP) is 1.50. The van der Waals surface area contributed by atoms with Crippen molar-refractivity contribution < 1.29 is 23.9 Å². The van der Waals surface area contributed by atoms with Gasteiger partial charge in [0.2, 0.25) is 5.91 Å². The summed E-state index contributed by atoms with van der Waals surface area (Å²) in [7, 11) is 1.57.